The van der Waals surface area contributed by atoms with Crippen molar-refractivity contribution in [3.05, 3.63) is 95.3 Å². The number of alkyl carbamates (subject to hydrolysis) is 1. The van der Waals surface area contributed by atoms with E-state index < -0.39 is 17.3 Å². The van der Waals surface area contributed by atoms with Crippen LogP contribution >= 0.6 is 0 Å². The molecule has 0 aromatic heterocycles. The van der Waals surface area contributed by atoms with Gasteiger partial charge in [-0.15, -0.1) is 0 Å². The van der Waals surface area contributed by atoms with Crippen LogP contribution in [-0.4, -0.2) is 32.5 Å². The lowest BCUT2D eigenvalue weighted by Gasteiger charge is -2.37. The Morgan fingerprint density at radius 2 is 1.63 bits per heavy atom. The van der Waals surface area contributed by atoms with Crippen LogP contribution in [-0.2, 0) is 10.2 Å². The molecular weight excluding hydrogens is 485 g/mol. The summed E-state index contributed by atoms with van der Waals surface area (Å²) in [6, 6.07) is 24.4. The second-order valence-corrected chi connectivity index (χ2v) is 9.07. The molecule has 3 unspecified atom stereocenters. The number of ether oxygens (including phenoxy) is 3. The molecule has 3 aromatic carbocycles. The topological polar surface area (TPSA) is 104 Å². The molecule has 4 rings (SSSR count). The summed E-state index contributed by atoms with van der Waals surface area (Å²) in [5.41, 5.74) is 0.593. The van der Waals surface area contributed by atoms with Crippen LogP contribution in [0, 0.1) is 34.4 Å². The Morgan fingerprint density at radius 1 is 0.974 bits per heavy atom. The molecule has 0 bridgehead atoms. The summed E-state index contributed by atoms with van der Waals surface area (Å²) in [6.07, 6.45) is 1.64. The molecule has 1 amide bonds. The molecule has 1 fully saturated rings. The molecule has 8 heteroatoms. The molecular formula is C30H28FN3O4. The Balaban J connectivity index is 1.53. The third-order valence-electron chi connectivity index (χ3n) is 6.93. The second kappa shape index (κ2) is 12.1. The fraction of sp³-hybridized carbons (Fsp3) is 0.300. The van der Waals surface area contributed by atoms with Gasteiger partial charge in [-0.1, -0.05) is 30.7 Å². The van der Waals surface area contributed by atoms with Gasteiger partial charge in [0.15, 0.2) is 0 Å². The van der Waals surface area contributed by atoms with Crippen molar-refractivity contribution in [3.8, 4) is 23.6 Å². The standard InChI is InChI=1S/C30H28FN3O4/c1-36-29(35)34-28-7-3-6-27(28)30(20-33,23-4-2-5-24(31)18-23)22-10-14-26(15-11-22)38-17-16-37-25-12-8-21(19-32)9-13-25/h2,4-5,8-15,18,27-28H,3,6-7,16-17H2,1H3,(H,34,35). The summed E-state index contributed by atoms with van der Waals surface area (Å²) < 4.78 is 30.6. The number of nitriles is 2. The lowest BCUT2D eigenvalue weighted by atomic mass is 9.65. The van der Waals surface area contributed by atoms with Crippen LogP contribution in [0.4, 0.5) is 9.18 Å². The molecule has 194 valence electrons. The summed E-state index contributed by atoms with van der Waals surface area (Å²) >= 11 is 0. The fourth-order valence-electron chi connectivity index (χ4n) is 5.16. The van der Waals surface area contributed by atoms with E-state index >= 15 is 0 Å². The molecule has 3 atom stereocenters. The first kappa shape index (κ1) is 26.5. The van der Waals surface area contributed by atoms with Crippen LogP contribution in [0.3, 0.4) is 0 Å². The number of rotatable bonds is 9. The van der Waals surface area contributed by atoms with Crippen molar-refractivity contribution < 1.29 is 23.4 Å². The summed E-state index contributed by atoms with van der Waals surface area (Å²) in [7, 11) is 1.30. The summed E-state index contributed by atoms with van der Waals surface area (Å²) in [6.45, 7) is 0.600. The monoisotopic (exact) mass is 513 g/mol. The Morgan fingerprint density at radius 3 is 2.21 bits per heavy atom. The number of benzene rings is 3. The van der Waals surface area contributed by atoms with E-state index in [1.807, 2.05) is 12.1 Å². The maximum Gasteiger partial charge on any atom is 0.407 e. The zero-order valence-corrected chi connectivity index (χ0v) is 21.0. The first-order chi connectivity index (χ1) is 18.5. The van der Waals surface area contributed by atoms with E-state index in [1.165, 1.54) is 19.2 Å². The van der Waals surface area contributed by atoms with Gasteiger partial charge in [-0.25, -0.2) is 9.18 Å². The highest BCUT2D eigenvalue weighted by Crippen LogP contribution is 2.47. The Hall–Kier alpha value is -4.56. The first-order valence-electron chi connectivity index (χ1n) is 12.4. The number of amides is 1. The minimum Gasteiger partial charge on any atom is -0.490 e. The van der Waals surface area contributed by atoms with Crippen LogP contribution in [0.5, 0.6) is 11.5 Å². The third kappa shape index (κ3) is 5.71. The lowest BCUT2D eigenvalue weighted by molar-refractivity contribution is 0.161. The number of carbonyl (C=O) groups excluding carboxylic acids is 1. The quantitative estimate of drug-likeness (QED) is 0.380. The van der Waals surface area contributed by atoms with E-state index in [-0.39, 0.29) is 12.0 Å². The fourth-order valence-corrected chi connectivity index (χ4v) is 5.16. The smallest absolute Gasteiger partial charge is 0.407 e. The zero-order chi connectivity index (χ0) is 27.0. The number of nitrogens with one attached hydrogen (secondary N) is 1. The second-order valence-electron chi connectivity index (χ2n) is 9.07. The molecule has 0 spiro atoms. The molecule has 0 aliphatic heterocycles. The maximum atomic E-state index is 14.4. The molecule has 0 radical (unpaired) electrons. The highest BCUT2D eigenvalue weighted by molar-refractivity contribution is 5.67. The number of nitrogens with zero attached hydrogens (tertiary/aromatic N) is 2. The largest absolute Gasteiger partial charge is 0.490 e. The van der Waals surface area contributed by atoms with Crippen LogP contribution < -0.4 is 14.8 Å². The van der Waals surface area contributed by atoms with Gasteiger partial charge in [-0.3, -0.25) is 0 Å². The van der Waals surface area contributed by atoms with Crippen molar-refractivity contribution in [1.82, 2.24) is 5.32 Å². The molecule has 0 saturated heterocycles. The van der Waals surface area contributed by atoms with Gasteiger partial charge in [-0.05, 0) is 72.5 Å². The maximum absolute atomic E-state index is 14.4. The molecule has 7 nitrogen and oxygen atoms in total. The van der Waals surface area contributed by atoms with Gasteiger partial charge in [0.2, 0.25) is 0 Å². The Kier molecular flexibility index (Phi) is 8.45. The van der Waals surface area contributed by atoms with Crippen LogP contribution in [0.25, 0.3) is 0 Å². The molecule has 1 saturated carbocycles. The van der Waals surface area contributed by atoms with E-state index in [0.717, 1.165) is 6.42 Å². The predicted octanol–water partition coefficient (Wildman–Crippen LogP) is 5.49. The van der Waals surface area contributed by atoms with E-state index in [2.05, 4.69) is 17.5 Å². The van der Waals surface area contributed by atoms with Gasteiger partial charge in [-0.2, -0.15) is 10.5 Å². The average Bonchev–Trinajstić information content (AvgIpc) is 3.41. The lowest BCUT2D eigenvalue weighted by Crippen LogP contribution is -2.47. The van der Waals surface area contributed by atoms with E-state index in [9.17, 15) is 14.4 Å². The van der Waals surface area contributed by atoms with Crippen molar-refractivity contribution in [3.63, 3.8) is 0 Å². The van der Waals surface area contributed by atoms with Crippen molar-refractivity contribution in [2.75, 3.05) is 20.3 Å². The number of hydrogen-bond donors (Lipinski definition) is 1. The Labute approximate surface area is 221 Å². The summed E-state index contributed by atoms with van der Waals surface area (Å²) in [5.74, 6) is 0.517. The zero-order valence-electron chi connectivity index (χ0n) is 21.0. The number of halogens is 1. The molecule has 1 N–H and O–H groups in total. The number of methoxy groups -OCH3 is 1. The normalized spacial score (nSPS) is 17.9. The average molecular weight is 514 g/mol. The number of hydrogen-bond acceptors (Lipinski definition) is 6. The van der Waals surface area contributed by atoms with Gasteiger partial charge >= 0.3 is 6.09 Å². The molecule has 1 aliphatic rings. The van der Waals surface area contributed by atoms with Crippen LogP contribution in [0.1, 0.15) is 36.0 Å². The summed E-state index contributed by atoms with van der Waals surface area (Å²) in [4.78, 5) is 12.0. The third-order valence-corrected chi connectivity index (χ3v) is 6.93. The molecule has 3 aromatic rings. The Bertz CT molecular complexity index is 1330. The van der Waals surface area contributed by atoms with Gasteiger partial charge in [0.05, 0.1) is 24.8 Å². The van der Waals surface area contributed by atoms with Crippen molar-refractivity contribution in [2.24, 2.45) is 5.92 Å². The van der Waals surface area contributed by atoms with E-state index in [1.54, 1.807) is 48.5 Å². The first-order valence-corrected chi connectivity index (χ1v) is 12.4. The number of carbonyl (C=O) groups is 1. The van der Waals surface area contributed by atoms with E-state index in [0.29, 0.717) is 54.2 Å². The molecule has 38 heavy (non-hydrogen) atoms. The van der Waals surface area contributed by atoms with Crippen LogP contribution in [0.15, 0.2) is 72.8 Å². The van der Waals surface area contributed by atoms with Gasteiger partial charge in [0.25, 0.3) is 0 Å². The highest BCUT2D eigenvalue weighted by Gasteiger charge is 2.49. The summed E-state index contributed by atoms with van der Waals surface area (Å²) in [5, 5.41) is 22.4. The van der Waals surface area contributed by atoms with Gasteiger partial charge in [0, 0.05) is 12.0 Å². The molecule has 0 heterocycles. The van der Waals surface area contributed by atoms with E-state index in [4.69, 9.17) is 19.5 Å². The minimum atomic E-state index is -1.19. The van der Waals surface area contributed by atoms with Gasteiger partial charge in [0.1, 0.15) is 35.9 Å². The predicted molar refractivity (Wildman–Crippen MR) is 138 cm³/mol. The van der Waals surface area contributed by atoms with Crippen molar-refractivity contribution in [2.45, 2.75) is 30.7 Å². The molecule has 1 aliphatic carbocycles. The van der Waals surface area contributed by atoms with Crippen LogP contribution in [0.2, 0.25) is 0 Å². The minimum absolute atomic E-state index is 0.291. The van der Waals surface area contributed by atoms with Crippen molar-refractivity contribution >= 4 is 6.09 Å². The van der Waals surface area contributed by atoms with Gasteiger partial charge < -0.3 is 19.5 Å². The van der Waals surface area contributed by atoms with Crippen molar-refractivity contribution in [1.29, 1.82) is 10.5 Å². The SMILES string of the molecule is COC(=O)NC1CCCC1C(C#N)(c1ccc(OCCOc2ccc(C#N)cc2)cc1)c1cccc(F)c1. The highest BCUT2D eigenvalue weighted by atomic mass is 19.1.